The Bertz CT molecular complexity index is 562. The molecule has 0 aliphatic carbocycles. The van der Waals surface area contributed by atoms with Gasteiger partial charge in [0.1, 0.15) is 0 Å². The molecule has 0 saturated carbocycles. The average Bonchev–Trinajstić information content (AvgIpc) is 2.37. The van der Waals surface area contributed by atoms with Crippen LogP contribution in [0.25, 0.3) is 11.0 Å². The van der Waals surface area contributed by atoms with E-state index >= 15 is 0 Å². The lowest BCUT2D eigenvalue weighted by molar-refractivity contribution is 0.510. The van der Waals surface area contributed by atoms with E-state index < -0.39 is 0 Å². The average molecular weight is 231 g/mol. The fourth-order valence-electron chi connectivity index (χ4n) is 1.81. The maximum absolute atomic E-state index is 11.8. The summed E-state index contributed by atoms with van der Waals surface area (Å²) in [6, 6.07) is 8.12. The number of nitrogens with one attached hydrogen (secondary N) is 1. The molecule has 1 aromatic carbocycles. The maximum atomic E-state index is 11.8. The zero-order valence-corrected chi connectivity index (χ0v) is 10.2. The molecule has 0 fully saturated rings. The molecule has 1 N–H and O–H groups in total. The molecule has 4 nitrogen and oxygen atoms in total. The Morgan fingerprint density at radius 2 is 2.18 bits per heavy atom. The van der Waals surface area contributed by atoms with Crippen molar-refractivity contribution in [3.8, 4) is 0 Å². The van der Waals surface area contributed by atoms with Gasteiger partial charge in [-0.15, -0.1) is 0 Å². The summed E-state index contributed by atoms with van der Waals surface area (Å²) in [5.74, 6) is 0. The molecule has 1 atom stereocenters. The molecule has 1 heterocycles. The molecule has 0 saturated heterocycles. The van der Waals surface area contributed by atoms with E-state index in [1.54, 1.807) is 4.57 Å². The summed E-state index contributed by atoms with van der Waals surface area (Å²) in [5.41, 5.74) is 1.74. The van der Waals surface area contributed by atoms with Crippen molar-refractivity contribution >= 4 is 11.0 Å². The number of hydrogen-bond acceptors (Lipinski definition) is 3. The molecular formula is C13H17N3O. The Labute approximate surface area is 100 Å². The lowest BCUT2D eigenvalue weighted by Crippen LogP contribution is -2.27. The molecule has 0 amide bonds. The third-order valence-corrected chi connectivity index (χ3v) is 3.03. The predicted octanol–water partition coefficient (Wildman–Crippen LogP) is 1.39. The van der Waals surface area contributed by atoms with E-state index in [-0.39, 0.29) is 5.56 Å². The van der Waals surface area contributed by atoms with Crippen molar-refractivity contribution in [2.45, 2.75) is 25.9 Å². The molecule has 0 radical (unpaired) electrons. The van der Waals surface area contributed by atoms with Crippen LogP contribution in [-0.4, -0.2) is 22.6 Å². The van der Waals surface area contributed by atoms with E-state index in [9.17, 15) is 4.79 Å². The Morgan fingerprint density at radius 1 is 1.41 bits per heavy atom. The van der Waals surface area contributed by atoms with Gasteiger partial charge in [0.15, 0.2) is 0 Å². The Balaban J connectivity index is 2.38. The van der Waals surface area contributed by atoms with E-state index in [4.69, 9.17) is 0 Å². The molecule has 0 aliphatic heterocycles. The van der Waals surface area contributed by atoms with Gasteiger partial charge in [0.2, 0.25) is 0 Å². The summed E-state index contributed by atoms with van der Waals surface area (Å²) < 4.78 is 1.79. The number of hydrogen-bond donors (Lipinski definition) is 1. The van der Waals surface area contributed by atoms with Crippen molar-refractivity contribution in [3.63, 3.8) is 0 Å². The molecule has 1 unspecified atom stereocenters. The van der Waals surface area contributed by atoms with E-state index in [0.717, 1.165) is 17.5 Å². The monoisotopic (exact) mass is 231 g/mol. The lowest BCUT2D eigenvalue weighted by Gasteiger charge is -2.13. The number of nitrogens with zero attached hydrogens (tertiary/aromatic N) is 2. The van der Waals surface area contributed by atoms with Crippen LogP contribution in [0.1, 0.15) is 13.3 Å². The van der Waals surface area contributed by atoms with Crippen LogP contribution in [-0.2, 0) is 6.54 Å². The maximum Gasteiger partial charge on any atom is 0.269 e. The molecule has 90 valence electrons. The fourth-order valence-corrected chi connectivity index (χ4v) is 1.81. The van der Waals surface area contributed by atoms with Gasteiger partial charge in [-0.2, -0.15) is 0 Å². The van der Waals surface area contributed by atoms with E-state index in [0.29, 0.717) is 12.6 Å². The van der Waals surface area contributed by atoms with Crippen LogP contribution in [0.4, 0.5) is 0 Å². The SMILES string of the molecule is CNC(C)CCn1c(=O)cnc2ccccc21. The van der Waals surface area contributed by atoms with Crippen LogP contribution in [0.15, 0.2) is 35.3 Å². The molecule has 4 heteroatoms. The van der Waals surface area contributed by atoms with Crippen LogP contribution < -0.4 is 10.9 Å². The number of benzene rings is 1. The van der Waals surface area contributed by atoms with E-state index in [2.05, 4.69) is 17.2 Å². The lowest BCUT2D eigenvalue weighted by atomic mass is 10.2. The summed E-state index contributed by atoms with van der Waals surface area (Å²) in [6.45, 7) is 2.82. The number of aryl methyl sites for hydroxylation is 1. The molecule has 0 bridgehead atoms. The van der Waals surface area contributed by atoms with Gasteiger partial charge in [0.05, 0.1) is 17.2 Å². The fraction of sp³-hybridized carbons (Fsp3) is 0.385. The first-order chi connectivity index (χ1) is 8.22. The van der Waals surface area contributed by atoms with Crippen LogP contribution in [0.3, 0.4) is 0 Å². The van der Waals surface area contributed by atoms with Gasteiger partial charge in [0, 0.05) is 12.6 Å². The zero-order valence-electron chi connectivity index (χ0n) is 10.2. The summed E-state index contributed by atoms with van der Waals surface area (Å²) in [7, 11) is 1.93. The van der Waals surface area contributed by atoms with Crippen molar-refractivity contribution in [1.82, 2.24) is 14.9 Å². The second-order valence-corrected chi connectivity index (χ2v) is 4.22. The normalized spacial score (nSPS) is 12.8. The minimum absolute atomic E-state index is 0.0352. The smallest absolute Gasteiger partial charge is 0.269 e. The van der Waals surface area contributed by atoms with Gasteiger partial charge in [-0.3, -0.25) is 4.79 Å². The van der Waals surface area contributed by atoms with Gasteiger partial charge in [-0.05, 0) is 32.5 Å². The van der Waals surface area contributed by atoms with Crippen molar-refractivity contribution in [2.24, 2.45) is 0 Å². The Hall–Kier alpha value is -1.68. The van der Waals surface area contributed by atoms with Crippen molar-refractivity contribution in [3.05, 3.63) is 40.8 Å². The molecule has 2 aromatic rings. The molecule has 1 aromatic heterocycles. The first-order valence-electron chi connectivity index (χ1n) is 5.84. The van der Waals surface area contributed by atoms with Crippen LogP contribution in [0.5, 0.6) is 0 Å². The minimum Gasteiger partial charge on any atom is -0.317 e. The predicted molar refractivity (Wildman–Crippen MR) is 69.1 cm³/mol. The highest BCUT2D eigenvalue weighted by atomic mass is 16.1. The van der Waals surface area contributed by atoms with Crippen molar-refractivity contribution in [2.75, 3.05) is 7.05 Å². The van der Waals surface area contributed by atoms with Crippen LogP contribution >= 0.6 is 0 Å². The summed E-state index contributed by atoms with van der Waals surface area (Å²) in [6.07, 6.45) is 2.32. The highest BCUT2D eigenvalue weighted by molar-refractivity contribution is 5.74. The van der Waals surface area contributed by atoms with Gasteiger partial charge in [-0.1, -0.05) is 12.1 Å². The summed E-state index contributed by atoms with van der Waals surface area (Å²) in [5, 5.41) is 3.17. The van der Waals surface area contributed by atoms with E-state index in [1.807, 2.05) is 31.3 Å². The topological polar surface area (TPSA) is 46.9 Å². The molecule has 0 spiro atoms. The van der Waals surface area contributed by atoms with E-state index in [1.165, 1.54) is 6.20 Å². The molecule has 17 heavy (non-hydrogen) atoms. The second kappa shape index (κ2) is 5.10. The number of fused-ring (bicyclic) bond motifs is 1. The highest BCUT2D eigenvalue weighted by Crippen LogP contribution is 2.09. The standard InChI is InChI=1S/C13H17N3O/c1-10(14-2)7-8-16-12-6-4-3-5-11(12)15-9-13(16)17/h3-6,9-10,14H,7-8H2,1-2H3. The molecular weight excluding hydrogens is 214 g/mol. The van der Waals surface area contributed by atoms with Crippen molar-refractivity contribution < 1.29 is 0 Å². The van der Waals surface area contributed by atoms with Gasteiger partial charge in [-0.25, -0.2) is 4.98 Å². The number of para-hydroxylation sites is 2. The summed E-state index contributed by atoms with van der Waals surface area (Å²) >= 11 is 0. The first-order valence-corrected chi connectivity index (χ1v) is 5.84. The minimum atomic E-state index is -0.0352. The molecule has 0 aliphatic rings. The van der Waals surface area contributed by atoms with Gasteiger partial charge < -0.3 is 9.88 Å². The van der Waals surface area contributed by atoms with Gasteiger partial charge >= 0.3 is 0 Å². The number of rotatable bonds is 4. The second-order valence-electron chi connectivity index (χ2n) is 4.22. The Kier molecular flexibility index (Phi) is 3.54. The first kappa shape index (κ1) is 11.8. The van der Waals surface area contributed by atoms with Crippen LogP contribution in [0.2, 0.25) is 0 Å². The third-order valence-electron chi connectivity index (χ3n) is 3.03. The summed E-state index contributed by atoms with van der Waals surface area (Å²) in [4.78, 5) is 16.0. The number of aromatic nitrogens is 2. The third kappa shape index (κ3) is 2.53. The van der Waals surface area contributed by atoms with Gasteiger partial charge in [0.25, 0.3) is 5.56 Å². The largest absolute Gasteiger partial charge is 0.317 e. The van der Waals surface area contributed by atoms with Crippen molar-refractivity contribution in [1.29, 1.82) is 0 Å². The Morgan fingerprint density at radius 3 is 2.94 bits per heavy atom. The highest BCUT2D eigenvalue weighted by Gasteiger charge is 2.05. The quantitative estimate of drug-likeness (QED) is 0.865. The zero-order chi connectivity index (χ0) is 12.3. The van der Waals surface area contributed by atoms with Crippen LogP contribution in [0, 0.1) is 0 Å². The molecule has 2 rings (SSSR count).